The van der Waals surface area contributed by atoms with Gasteiger partial charge < -0.3 is 10.4 Å². The van der Waals surface area contributed by atoms with Crippen LogP contribution in [0.15, 0.2) is 53.3 Å². The molecule has 0 spiro atoms. The summed E-state index contributed by atoms with van der Waals surface area (Å²) in [6, 6.07) is 15.0. The monoisotopic (exact) mass is 456 g/mol. The van der Waals surface area contributed by atoms with Crippen LogP contribution in [0.3, 0.4) is 0 Å². The second kappa shape index (κ2) is 10.1. The fraction of sp³-hybridized carbons (Fsp3) is 0.400. The van der Waals surface area contributed by atoms with Gasteiger partial charge in [-0.3, -0.25) is 14.4 Å². The maximum absolute atomic E-state index is 12.7. The highest BCUT2D eigenvalue weighted by Gasteiger charge is 2.26. The predicted molar refractivity (Wildman–Crippen MR) is 132 cm³/mol. The summed E-state index contributed by atoms with van der Waals surface area (Å²) in [6.07, 6.45) is 1.43. The van der Waals surface area contributed by atoms with Crippen LogP contribution >= 0.6 is 11.5 Å². The van der Waals surface area contributed by atoms with Crippen LogP contribution in [0.1, 0.15) is 54.4 Å². The Kier molecular flexibility index (Phi) is 8.02. The van der Waals surface area contributed by atoms with Crippen molar-refractivity contribution in [2.24, 2.45) is 10.8 Å². The minimum absolute atomic E-state index is 0.0374. The third-order valence-corrected chi connectivity index (χ3v) is 6.99. The number of aliphatic carboxylic acids is 1. The summed E-state index contributed by atoms with van der Waals surface area (Å²) in [5.74, 6) is -0.760. The van der Waals surface area contributed by atoms with E-state index >= 15 is 0 Å². The number of nitrogens with one attached hydrogen (secondary N) is 1. The van der Waals surface area contributed by atoms with Crippen molar-refractivity contribution in [2.75, 3.05) is 5.32 Å². The molecule has 172 valence electrons. The molecule has 0 aliphatic heterocycles. The lowest BCUT2D eigenvalue weighted by Gasteiger charge is -2.21. The van der Waals surface area contributed by atoms with Gasteiger partial charge in [-0.05, 0) is 62.5 Å². The van der Waals surface area contributed by atoms with Crippen molar-refractivity contribution in [3.8, 4) is 5.69 Å². The van der Waals surface area contributed by atoms with E-state index in [0.717, 1.165) is 16.8 Å². The van der Waals surface area contributed by atoms with Gasteiger partial charge in [0.2, 0.25) is 5.91 Å². The van der Waals surface area contributed by atoms with Gasteiger partial charge in [-0.2, -0.15) is 0 Å². The van der Waals surface area contributed by atoms with Gasteiger partial charge in [-0.1, -0.05) is 52.0 Å². The maximum Gasteiger partial charge on any atom is 0.309 e. The quantitative estimate of drug-likeness (QED) is 0.481. The summed E-state index contributed by atoms with van der Waals surface area (Å²) in [7, 11) is 0. The highest BCUT2D eigenvalue weighted by molar-refractivity contribution is 7.15. The molecule has 0 saturated carbocycles. The number of hydrogen-bond donors (Lipinski definition) is 2. The molecule has 1 aromatic heterocycles. The van der Waals surface area contributed by atoms with E-state index in [0.29, 0.717) is 17.5 Å². The van der Waals surface area contributed by atoms with Crippen molar-refractivity contribution in [3.63, 3.8) is 0 Å². The molecule has 0 radical (unpaired) electrons. The number of carbonyl (C=O) groups excluding carboxylic acids is 1. The van der Waals surface area contributed by atoms with E-state index in [1.165, 1.54) is 11.5 Å². The fourth-order valence-electron chi connectivity index (χ4n) is 2.48. The maximum atomic E-state index is 12.7. The number of carboxylic acid groups (broad SMARTS) is 1. The van der Waals surface area contributed by atoms with Gasteiger partial charge in [0.05, 0.1) is 26.9 Å². The summed E-state index contributed by atoms with van der Waals surface area (Å²) in [4.78, 5) is 35.4. The zero-order valence-corrected chi connectivity index (χ0v) is 20.4. The highest BCUT2D eigenvalue weighted by Crippen LogP contribution is 2.30. The molecule has 1 heterocycles. The Bertz CT molecular complexity index is 1140. The lowest BCUT2D eigenvalue weighted by molar-refractivity contribution is -0.147. The van der Waals surface area contributed by atoms with E-state index in [2.05, 4.69) is 5.32 Å². The van der Waals surface area contributed by atoms with Crippen LogP contribution in [-0.4, -0.2) is 20.9 Å². The van der Waals surface area contributed by atoms with E-state index in [-0.39, 0.29) is 11.5 Å². The predicted octanol–water partition coefficient (Wildman–Crippen LogP) is 5.93. The van der Waals surface area contributed by atoms with Crippen LogP contribution < -0.4 is 10.9 Å². The molecule has 2 N–H and O–H groups in total. The zero-order valence-electron chi connectivity index (χ0n) is 19.6. The number of benzene rings is 2. The number of anilines is 1. The molecule has 7 heteroatoms. The Labute approximate surface area is 193 Å². The van der Waals surface area contributed by atoms with Crippen molar-refractivity contribution in [1.82, 2.24) is 3.96 Å². The van der Waals surface area contributed by atoms with Crippen molar-refractivity contribution in [2.45, 2.75) is 54.4 Å². The minimum Gasteiger partial charge on any atom is -0.481 e. The molecule has 3 aromatic rings. The summed E-state index contributed by atoms with van der Waals surface area (Å²) in [5.41, 5.74) is 0.465. The van der Waals surface area contributed by atoms with Gasteiger partial charge in [0.1, 0.15) is 0 Å². The van der Waals surface area contributed by atoms with Gasteiger partial charge in [-0.15, -0.1) is 0 Å². The Hall–Kier alpha value is -2.93. The molecule has 1 amide bonds. The number of hydrogen-bond acceptors (Lipinski definition) is 4. The van der Waals surface area contributed by atoms with Gasteiger partial charge >= 0.3 is 5.97 Å². The molecule has 2 aromatic carbocycles. The molecule has 0 aliphatic carbocycles. The number of fused-ring (bicyclic) bond motifs is 1. The van der Waals surface area contributed by atoms with Crippen LogP contribution in [0.25, 0.3) is 15.8 Å². The van der Waals surface area contributed by atoms with Crippen molar-refractivity contribution in [3.05, 3.63) is 58.9 Å². The highest BCUT2D eigenvalue weighted by atomic mass is 32.1. The number of carboxylic acids is 1. The molecule has 0 bridgehead atoms. The number of para-hydroxylation sites is 1. The fourth-order valence-corrected chi connectivity index (χ4v) is 3.54. The topological polar surface area (TPSA) is 88.4 Å². The summed E-state index contributed by atoms with van der Waals surface area (Å²) in [5, 5.41) is 12.0. The number of aromatic nitrogens is 1. The summed E-state index contributed by atoms with van der Waals surface area (Å²) >= 11 is 1.35. The van der Waals surface area contributed by atoms with Crippen LogP contribution in [0.5, 0.6) is 0 Å². The molecule has 0 atom stereocenters. The first-order valence-corrected chi connectivity index (χ1v) is 11.5. The molecule has 3 rings (SSSR count). The first-order valence-electron chi connectivity index (χ1n) is 10.7. The van der Waals surface area contributed by atoms with E-state index in [9.17, 15) is 14.4 Å². The second-order valence-electron chi connectivity index (χ2n) is 8.94. The molecule has 0 saturated heterocycles. The average molecular weight is 457 g/mol. The first-order chi connectivity index (χ1) is 14.9. The Morgan fingerprint density at radius 3 is 2.03 bits per heavy atom. The molecule has 0 aliphatic rings. The van der Waals surface area contributed by atoms with Crippen LogP contribution in [-0.2, 0) is 9.59 Å². The number of amides is 1. The lowest BCUT2D eigenvalue weighted by atomic mass is 9.89. The molecular formula is C25H32N2O4S. The lowest BCUT2D eigenvalue weighted by Crippen LogP contribution is -2.30. The van der Waals surface area contributed by atoms with E-state index < -0.39 is 16.8 Å². The number of carbonyl (C=O) groups is 2. The molecule has 0 unspecified atom stereocenters. The Morgan fingerprint density at radius 1 is 0.938 bits per heavy atom. The Balaban J connectivity index is 0.000000390. The van der Waals surface area contributed by atoms with Crippen molar-refractivity contribution >= 4 is 39.2 Å². The third-order valence-electron chi connectivity index (χ3n) is 5.81. The molecule has 6 nitrogen and oxygen atoms in total. The van der Waals surface area contributed by atoms with Crippen LogP contribution in [0.2, 0.25) is 0 Å². The van der Waals surface area contributed by atoms with Gasteiger partial charge in [0.15, 0.2) is 0 Å². The summed E-state index contributed by atoms with van der Waals surface area (Å²) < 4.78 is 2.46. The van der Waals surface area contributed by atoms with Gasteiger partial charge in [-0.25, -0.2) is 3.96 Å². The van der Waals surface area contributed by atoms with E-state index in [4.69, 9.17) is 5.11 Å². The molecule has 0 fully saturated rings. The second-order valence-corrected chi connectivity index (χ2v) is 9.90. The summed E-state index contributed by atoms with van der Waals surface area (Å²) in [6.45, 7) is 11.1. The van der Waals surface area contributed by atoms with Crippen LogP contribution in [0.4, 0.5) is 5.69 Å². The third kappa shape index (κ3) is 5.65. The normalized spacial score (nSPS) is 11.6. The van der Waals surface area contributed by atoms with Gasteiger partial charge in [0.25, 0.3) is 5.56 Å². The average Bonchev–Trinajstić information content (AvgIpc) is 3.12. The minimum atomic E-state index is -0.722. The van der Waals surface area contributed by atoms with Crippen molar-refractivity contribution in [1.29, 1.82) is 0 Å². The standard InChI is InChI=1S/C19H20N2O2S.C6H12O2/c1-4-19(2,3)18(23)20-15-12-8-11-14-16(15)24-21(17(14)22)13-9-6-5-7-10-13;1-4-6(2,3)5(7)8/h5-12H,4H2,1-3H3,(H,20,23);4H2,1-3H3,(H,7,8). The number of nitrogens with zero attached hydrogens (tertiary/aromatic N) is 1. The van der Waals surface area contributed by atoms with Crippen molar-refractivity contribution < 1.29 is 14.7 Å². The smallest absolute Gasteiger partial charge is 0.309 e. The molecule has 32 heavy (non-hydrogen) atoms. The molecular weight excluding hydrogens is 424 g/mol. The SMILES string of the molecule is CCC(C)(C)C(=O)Nc1cccc2c(=O)n(-c3ccccc3)sc12.CCC(C)(C)C(=O)O. The van der Waals surface area contributed by atoms with Crippen LogP contribution in [0, 0.1) is 10.8 Å². The van der Waals surface area contributed by atoms with E-state index in [1.807, 2.05) is 64.1 Å². The largest absolute Gasteiger partial charge is 0.481 e. The Morgan fingerprint density at radius 2 is 1.53 bits per heavy atom. The first kappa shape index (κ1) is 25.3. The zero-order chi connectivity index (χ0) is 24.1. The number of rotatable bonds is 6. The van der Waals surface area contributed by atoms with E-state index in [1.54, 1.807) is 29.9 Å². The van der Waals surface area contributed by atoms with Gasteiger partial charge in [0, 0.05) is 5.41 Å².